The van der Waals surface area contributed by atoms with Crippen LogP contribution in [0.1, 0.15) is 20.8 Å². The Hall–Kier alpha value is -4.27. The van der Waals surface area contributed by atoms with Crippen LogP contribution in [0, 0.1) is 5.82 Å². The monoisotopic (exact) mass is 580 g/mol. The van der Waals surface area contributed by atoms with E-state index in [4.69, 9.17) is 0 Å². The molecule has 0 atom stereocenters. The molecule has 14 heteroatoms. The summed E-state index contributed by atoms with van der Waals surface area (Å²) in [6.45, 7) is 1.19. The maximum atomic E-state index is 13.6. The lowest BCUT2D eigenvalue weighted by Crippen LogP contribution is -2.21. The fraction of sp³-hybridized carbons (Fsp3) is 0.192. The zero-order valence-electron chi connectivity index (χ0n) is 21.3. The first-order chi connectivity index (χ1) is 19.2. The van der Waals surface area contributed by atoms with Crippen molar-refractivity contribution >= 4 is 54.6 Å². The minimum atomic E-state index is -3.03. The Labute approximate surface area is 233 Å². The van der Waals surface area contributed by atoms with Crippen molar-refractivity contribution in [1.29, 1.82) is 0 Å². The number of anilines is 3. The Kier molecular flexibility index (Phi) is 8.09. The fourth-order valence-corrected chi connectivity index (χ4v) is 5.20. The average molecular weight is 581 g/mol. The molecule has 0 saturated carbocycles. The number of aromatic nitrogens is 5. The van der Waals surface area contributed by atoms with Gasteiger partial charge in [0.05, 0.1) is 24.0 Å². The van der Waals surface area contributed by atoms with Gasteiger partial charge in [0.2, 0.25) is 0 Å². The van der Waals surface area contributed by atoms with E-state index in [-0.39, 0.29) is 17.1 Å². The van der Waals surface area contributed by atoms with Crippen molar-refractivity contribution in [1.82, 2.24) is 30.0 Å². The molecule has 0 saturated heterocycles. The fourth-order valence-electron chi connectivity index (χ4n) is 3.91. The van der Waals surface area contributed by atoms with Crippen LogP contribution in [0.25, 0.3) is 10.9 Å². The molecule has 5 aromatic rings. The topological polar surface area (TPSA) is 144 Å². The maximum absolute atomic E-state index is 13.6. The van der Waals surface area contributed by atoms with Crippen LogP contribution in [0.2, 0.25) is 0 Å². The third kappa shape index (κ3) is 7.02. The second kappa shape index (κ2) is 11.9. The highest BCUT2D eigenvalue weighted by Crippen LogP contribution is 2.25. The van der Waals surface area contributed by atoms with Gasteiger partial charge >= 0.3 is 0 Å². The number of nitrogens with zero attached hydrogens (tertiary/aromatic N) is 5. The molecule has 0 aliphatic heterocycles. The van der Waals surface area contributed by atoms with Crippen molar-refractivity contribution in [3.05, 3.63) is 89.2 Å². The number of benzene rings is 2. The molecule has 0 aliphatic rings. The number of sulfone groups is 1. The van der Waals surface area contributed by atoms with Crippen LogP contribution in [0.15, 0.2) is 67.4 Å². The molecule has 11 nitrogen and oxygen atoms in total. The van der Waals surface area contributed by atoms with Crippen molar-refractivity contribution in [2.45, 2.75) is 13.1 Å². The maximum Gasteiger partial charge on any atom is 0.262 e. The van der Waals surface area contributed by atoms with Gasteiger partial charge in [-0.15, -0.1) is 11.3 Å². The van der Waals surface area contributed by atoms with Crippen LogP contribution in [-0.2, 0) is 22.9 Å². The predicted molar refractivity (Wildman–Crippen MR) is 152 cm³/mol. The van der Waals surface area contributed by atoms with Gasteiger partial charge in [-0.1, -0.05) is 12.1 Å². The minimum absolute atomic E-state index is 0.0450. The van der Waals surface area contributed by atoms with Crippen LogP contribution < -0.4 is 16.0 Å². The molecule has 206 valence electrons. The van der Waals surface area contributed by atoms with Crippen molar-refractivity contribution in [2.75, 3.05) is 29.2 Å². The third-order valence-electron chi connectivity index (χ3n) is 5.81. The van der Waals surface area contributed by atoms with Gasteiger partial charge in [0.25, 0.3) is 5.91 Å². The first-order valence-corrected chi connectivity index (χ1v) is 15.0. The molecule has 3 N–H and O–H groups in total. The molecule has 0 fully saturated rings. The van der Waals surface area contributed by atoms with Crippen LogP contribution in [-0.4, -0.2) is 57.6 Å². The molecule has 0 unspecified atom stereocenters. The molecule has 0 bridgehead atoms. The van der Waals surface area contributed by atoms with Crippen molar-refractivity contribution in [2.24, 2.45) is 0 Å². The number of amides is 1. The van der Waals surface area contributed by atoms with Gasteiger partial charge in [-0.3, -0.25) is 14.8 Å². The van der Waals surface area contributed by atoms with Gasteiger partial charge in [0, 0.05) is 47.7 Å². The van der Waals surface area contributed by atoms with E-state index in [2.05, 4.69) is 36.0 Å². The van der Waals surface area contributed by atoms with Crippen molar-refractivity contribution < 1.29 is 17.6 Å². The Balaban J connectivity index is 1.24. The highest BCUT2D eigenvalue weighted by molar-refractivity contribution is 7.90. The largest absolute Gasteiger partial charge is 0.339 e. The minimum Gasteiger partial charge on any atom is -0.339 e. The summed E-state index contributed by atoms with van der Waals surface area (Å²) in [4.78, 5) is 26.3. The zero-order chi connectivity index (χ0) is 28.1. The van der Waals surface area contributed by atoms with E-state index in [9.17, 15) is 17.6 Å². The zero-order valence-corrected chi connectivity index (χ0v) is 23.0. The lowest BCUT2D eigenvalue weighted by molar-refractivity contribution is 0.102. The van der Waals surface area contributed by atoms with E-state index in [1.165, 1.54) is 42.2 Å². The highest BCUT2D eigenvalue weighted by Gasteiger charge is 2.16. The molecule has 3 heterocycles. The van der Waals surface area contributed by atoms with E-state index in [1.54, 1.807) is 23.1 Å². The Morgan fingerprint density at radius 3 is 2.80 bits per heavy atom. The van der Waals surface area contributed by atoms with Crippen LogP contribution in [0.4, 0.5) is 21.0 Å². The summed E-state index contributed by atoms with van der Waals surface area (Å²) in [6, 6.07) is 12.0. The summed E-state index contributed by atoms with van der Waals surface area (Å²) in [5.41, 5.74) is 2.61. The van der Waals surface area contributed by atoms with E-state index < -0.39 is 15.7 Å². The summed E-state index contributed by atoms with van der Waals surface area (Å²) >= 11 is 1.28. The average Bonchev–Trinajstić information content (AvgIpc) is 3.53. The number of fused-ring (bicyclic) bond motifs is 1. The summed E-state index contributed by atoms with van der Waals surface area (Å²) in [7, 11) is -3.03. The smallest absolute Gasteiger partial charge is 0.262 e. The van der Waals surface area contributed by atoms with E-state index in [0.717, 1.165) is 21.3 Å². The molecule has 3 aromatic heterocycles. The number of hydrogen-bond donors (Lipinski definition) is 3. The second-order valence-electron chi connectivity index (χ2n) is 9.01. The highest BCUT2D eigenvalue weighted by atomic mass is 32.2. The predicted octanol–water partition coefficient (Wildman–Crippen LogP) is 3.60. The molecular formula is C26H25FN8O3S2. The van der Waals surface area contributed by atoms with Crippen LogP contribution in [0.5, 0.6) is 0 Å². The first kappa shape index (κ1) is 27.3. The van der Waals surface area contributed by atoms with E-state index in [1.807, 2.05) is 24.3 Å². The SMILES string of the molecule is CS(=O)(=O)CCNCc1cnc(NC(=O)c2cncnc2Nc2ccc3c(cnn3Cc3cccc(F)c3)c2)s1. The molecule has 0 spiro atoms. The number of carbonyl (C=O) groups excluding carboxylic acids is 1. The molecule has 5 rings (SSSR count). The van der Waals surface area contributed by atoms with Gasteiger partial charge in [-0.25, -0.2) is 27.8 Å². The molecule has 0 aliphatic carbocycles. The molecular weight excluding hydrogens is 555 g/mol. The van der Waals surface area contributed by atoms with Crippen molar-refractivity contribution in [3.8, 4) is 0 Å². The van der Waals surface area contributed by atoms with E-state index in [0.29, 0.717) is 36.3 Å². The Morgan fingerprint density at radius 2 is 1.98 bits per heavy atom. The quantitative estimate of drug-likeness (QED) is 0.200. The number of thiazole rings is 1. The van der Waals surface area contributed by atoms with Crippen LogP contribution >= 0.6 is 11.3 Å². The molecule has 2 aromatic carbocycles. The number of halogens is 1. The van der Waals surface area contributed by atoms with Crippen molar-refractivity contribution in [3.63, 3.8) is 0 Å². The number of rotatable bonds is 11. The summed E-state index contributed by atoms with van der Waals surface area (Å²) in [5.74, 6) is -0.362. The second-order valence-corrected chi connectivity index (χ2v) is 12.4. The van der Waals surface area contributed by atoms with Gasteiger partial charge in [-0.2, -0.15) is 5.10 Å². The molecule has 0 radical (unpaired) electrons. The normalized spacial score (nSPS) is 11.6. The lowest BCUT2D eigenvalue weighted by Gasteiger charge is -2.10. The van der Waals surface area contributed by atoms with Gasteiger partial charge in [-0.05, 0) is 35.9 Å². The van der Waals surface area contributed by atoms with E-state index >= 15 is 0 Å². The number of hydrogen-bond acceptors (Lipinski definition) is 10. The molecule has 40 heavy (non-hydrogen) atoms. The first-order valence-electron chi connectivity index (χ1n) is 12.1. The summed E-state index contributed by atoms with van der Waals surface area (Å²) in [5, 5.41) is 14.7. The lowest BCUT2D eigenvalue weighted by atomic mass is 10.2. The van der Waals surface area contributed by atoms with Crippen LogP contribution in [0.3, 0.4) is 0 Å². The third-order valence-corrected chi connectivity index (χ3v) is 7.66. The Bertz CT molecular complexity index is 1770. The number of carbonyl (C=O) groups is 1. The Morgan fingerprint density at radius 1 is 1.10 bits per heavy atom. The van der Waals surface area contributed by atoms with Gasteiger partial charge in [0.15, 0.2) is 5.13 Å². The standard InChI is InChI=1S/C26H25FN8O3S2/c1-40(37,38)8-7-28-12-21-13-30-26(39-21)34-25(36)22-14-29-16-31-24(22)33-20-5-6-23-18(10-20)11-32-35(23)15-17-3-2-4-19(27)9-17/h2-6,9-11,13-14,16,28H,7-8,12,15H2,1H3,(H,29,31,33)(H,30,34,36). The van der Waals surface area contributed by atoms with Gasteiger partial charge in [0.1, 0.15) is 33.4 Å². The van der Waals surface area contributed by atoms with Gasteiger partial charge < -0.3 is 10.6 Å². The molecule has 1 amide bonds. The number of nitrogens with one attached hydrogen (secondary N) is 3. The summed E-state index contributed by atoms with van der Waals surface area (Å²) < 4.78 is 37.9. The summed E-state index contributed by atoms with van der Waals surface area (Å²) in [6.07, 6.45) is 7.30.